The highest BCUT2D eigenvalue weighted by molar-refractivity contribution is 5.80. The van der Waals surface area contributed by atoms with Gasteiger partial charge in [0.2, 0.25) is 11.8 Å². The van der Waals surface area contributed by atoms with Crippen LogP contribution in [0.1, 0.15) is 62.8 Å². The molecule has 0 radical (unpaired) electrons. The normalized spacial score (nSPS) is 12.0. The Kier molecular flexibility index (Phi) is 8.62. The molecule has 3 N–H and O–H groups in total. The van der Waals surface area contributed by atoms with Gasteiger partial charge in [0.25, 0.3) is 0 Å². The SMILES string of the molecule is Cc1ccccc1CC(C)(C)NC(=O)CC(O)CC(=O)NC(C)(C)Cc1ccccc1C. The third-order valence-corrected chi connectivity index (χ3v) is 5.58. The van der Waals surface area contributed by atoms with Gasteiger partial charge in [0, 0.05) is 11.1 Å². The molecule has 0 saturated carbocycles. The van der Waals surface area contributed by atoms with Gasteiger partial charge in [-0.15, -0.1) is 0 Å². The molecule has 0 aromatic heterocycles. The first kappa shape index (κ1) is 25.6. The molecule has 0 fully saturated rings. The van der Waals surface area contributed by atoms with Crippen molar-refractivity contribution in [2.24, 2.45) is 0 Å². The van der Waals surface area contributed by atoms with Crippen molar-refractivity contribution in [1.82, 2.24) is 10.6 Å². The molecule has 0 aliphatic carbocycles. The van der Waals surface area contributed by atoms with Gasteiger partial charge < -0.3 is 15.7 Å². The largest absolute Gasteiger partial charge is 0.392 e. The number of nitrogens with one attached hydrogen (secondary N) is 2. The molecule has 0 spiro atoms. The standard InChI is InChI=1S/C27H38N2O3/c1-19-11-7-9-13-21(19)17-26(3,4)28-24(31)15-23(30)16-25(32)29-27(5,6)18-22-14-10-8-12-20(22)2/h7-14,23,30H,15-18H2,1-6H3,(H,28,31)(H,29,32). The van der Waals surface area contributed by atoms with Gasteiger partial charge in [0.15, 0.2) is 0 Å². The minimum atomic E-state index is -1.03. The molecule has 0 heterocycles. The lowest BCUT2D eigenvalue weighted by Gasteiger charge is -2.29. The number of carbonyl (C=O) groups excluding carboxylic acids is 2. The number of amides is 2. The Labute approximate surface area is 192 Å². The zero-order chi connectivity index (χ0) is 23.9. The van der Waals surface area contributed by atoms with Crippen LogP contribution in [-0.4, -0.2) is 34.1 Å². The minimum absolute atomic E-state index is 0.108. The van der Waals surface area contributed by atoms with Gasteiger partial charge in [0.05, 0.1) is 18.9 Å². The Morgan fingerprint density at radius 2 is 1.09 bits per heavy atom. The van der Waals surface area contributed by atoms with E-state index in [0.29, 0.717) is 12.8 Å². The van der Waals surface area contributed by atoms with Gasteiger partial charge in [-0.2, -0.15) is 0 Å². The van der Waals surface area contributed by atoms with Crippen molar-refractivity contribution in [3.63, 3.8) is 0 Å². The molecule has 5 nitrogen and oxygen atoms in total. The molecule has 0 saturated heterocycles. The van der Waals surface area contributed by atoms with E-state index in [-0.39, 0.29) is 24.7 Å². The second-order valence-corrected chi connectivity index (χ2v) is 10.1. The average Bonchev–Trinajstić information content (AvgIpc) is 2.63. The fourth-order valence-corrected chi connectivity index (χ4v) is 4.01. The van der Waals surface area contributed by atoms with Crippen LogP contribution in [0, 0.1) is 13.8 Å². The molecular formula is C27H38N2O3. The molecule has 0 atom stereocenters. The first-order valence-electron chi connectivity index (χ1n) is 11.3. The third kappa shape index (κ3) is 8.46. The number of rotatable bonds is 10. The van der Waals surface area contributed by atoms with Gasteiger partial charge in [-0.3, -0.25) is 9.59 Å². The van der Waals surface area contributed by atoms with E-state index in [1.807, 2.05) is 52.0 Å². The fourth-order valence-electron chi connectivity index (χ4n) is 4.01. The molecule has 0 aliphatic rings. The maximum Gasteiger partial charge on any atom is 0.223 e. The Hall–Kier alpha value is -2.66. The summed E-state index contributed by atoms with van der Waals surface area (Å²) in [7, 11) is 0. The monoisotopic (exact) mass is 438 g/mol. The van der Waals surface area contributed by atoms with Crippen LogP contribution < -0.4 is 10.6 Å². The highest BCUT2D eigenvalue weighted by Crippen LogP contribution is 2.18. The molecular weight excluding hydrogens is 400 g/mol. The maximum atomic E-state index is 12.5. The van der Waals surface area contributed by atoms with Gasteiger partial charge in [-0.1, -0.05) is 48.5 Å². The Balaban J connectivity index is 1.83. The van der Waals surface area contributed by atoms with Crippen LogP contribution in [0.25, 0.3) is 0 Å². The van der Waals surface area contributed by atoms with Crippen molar-refractivity contribution in [3.8, 4) is 0 Å². The van der Waals surface area contributed by atoms with Crippen LogP contribution in [0.4, 0.5) is 0 Å². The number of aliphatic hydroxyl groups is 1. The predicted octanol–water partition coefficient (Wildman–Crippen LogP) is 4.02. The molecule has 2 aromatic carbocycles. The number of aliphatic hydroxyl groups excluding tert-OH is 1. The van der Waals surface area contributed by atoms with E-state index in [1.54, 1.807) is 0 Å². The first-order valence-corrected chi connectivity index (χ1v) is 11.3. The maximum absolute atomic E-state index is 12.5. The van der Waals surface area contributed by atoms with Crippen molar-refractivity contribution in [2.75, 3.05) is 0 Å². The van der Waals surface area contributed by atoms with E-state index in [1.165, 1.54) is 22.3 Å². The van der Waals surface area contributed by atoms with Gasteiger partial charge >= 0.3 is 0 Å². The Bertz CT molecular complexity index is 859. The summed E-state index contributed by atoms with van der Waals surface area (Å²) >= 11 is 0. The molecule has 2 rings (SSSR count). The molecule has 32 heavy (non-hydrogen) atoms. The van der Waals surface area contributed by atoms with Gasteiger partial charge in [-0.05, 0) is 76.6 Å². The summed E-state index contributed by atoms with van der Waals surface area (Å²) in [5, 5.41) is 16.3. The minimum Gasteiger partial charge on any atom is -0.392 e. The molecule has 0 aliphatic heterocycles. The predicted molar refractivity (Wildman–Crippen MR) is 129 cm³/mol. The number of benzene rings is 2. The second kappa shape index (κ2) is 10.8. The van der Waals surface area contributed by atoms with Crippen molar-refractivity contribution in [2.45, 2.75) is 84.4 Å². The summed E-state index contributed by atoms with van der Waals surface area (Å²) in [6.45, 7) is 12.0. The highest BCUT2D eigenvalue weighted by atomic mass is 16.3. The first-order chi connectivity index (χ1) is 14.9. The number of aryl methyl sites for hydroxylation is 2. The molecule has 2 amide bonds. The fraction of sp³-hybridized carbons (Fsp3) is 0.481. The summed E-state index contributed by atoms with van der Waals surface area (Å²) < 4.78 is 0. The molecule has 5 heteroatoms. The zero-order valence-corrected chi connectivity index (χ0v) is 20.3. The van der Waals surface area contributed by atoms with Crippen molar-refractivity contribution in [1.29, 1.82) is 0 Å². The summed E-state index contributed by atoms with van der Waals surface area (Å²) in [5.41, 5.74) is 3.79. The molecule has 0 bridgehead atoms. The summed E-state index contributed by atoms with van der Waals surface area (Å²) in [5.74, 6) is -0.522. The van der Waals surface area contributed by atoms with E-state index in [4.69, 9.17) is 0 Å². The van der Waals surface area contributed by atoms with Crippen LogP contribution in [0.3, 0.4) is 0 Å². The molecule has 174 valence electrons. The van der Waals surface area contributed by atoms with Crippen LogP contribution >= 0.6 is 0 Å². The Morgan fingerprint density at radius 1 is 0.750 bits per heavy atom. The van der Waals surface area contributed by atoms with Gasteiger partial charge in [-0.25, -0.2) is 0 Å². The number of hydrogen-bond donors (Lipinski definition) is 3. The third-order valence-electron chi connectivity index (χ3n) is 5.58. The van der Waals surface area contributed by atoms with Crippen molar-refractivity contribution >= 4 is 11.8 Å². The molecule has 0 unspecified atom stereocenters. The van der Waals surface area contributed by atoms with E-state index in [2.05, 4.69) is 48.7 Å². The summed E-state index contributed by atoms with van der Waals surface area (Å²) in [4.78, 5) is 25.0. The van der Waals surface area contributed by atoms with E-state index >= 15 is 0 Å². The average molecular weight is 439 g/mol. The summed E-state index contributed by atoms with van der Waals surface area (Å²) in [6.07, 6.45) is 0.133. The molecule has 2 aromatic rings. The second-order valence-electron chi connectivity index (χ2n) is 10.1. The van der Waals surface area contributed by atoms with Crippen LogP contribution in [0.2, 0.25) is 0 Å². The lowest BCUT2D eigenvalue weighted by atomic mass is 9.91. The lowest BCUT2D eigenvalue weighted by molar-refractivity contribution is -0.127. The highest BCUT2D eigenvalue weighted by Gasteiger charge is 2.26. The van der Waals surface area contributed by atoms with Crippen LogP contribution in [0.15, 0.2) is 48.5 Å². The van der Waals surface area contributed by atoms with Crippen molar-refractivity contribution < 1.29 is 14.7 Å². The summed E-state index contributed by atoms with van der Waals surface area (Å²) in [6, 6.07) is 16.2. The van der Waals surface area contributed by atoms with E-state index in [9.17, 15) is 14.7 Å². The smallest absolute Gasteiger partial charge is 0.223 e. The zero-order valence-electron chi connectivity index (χ0n) is 20.3. The van der Waals surface area contributed by atoms with Crippen LogP contribution in [0.5, 0.6) is 0 Å². The van der Waals surface area contributed by atoms with E-state index in [0.717, 1.165) is 0 Å². The van der Waals surface area contributed by atoms with Gasteiger partial charge in [0.1, 0.15) is 0 Å². The van der Waals surface area contributed by atoms with Crippen molar-refractivity contribution in [3.05, 3.63) is 70.8 Å². The topological polar surface area (TPSA) is 78.4 Å². The number of carbonyl (C=O) groups is 2. The number of hydrogen-bond acceptors (Lipinski definition) is 3. The van der Waals surface area contributed by atoms with Crippen LogP contribution in [-0.2, 0) is 22.4 Å². The quantitative estimate of drug-likeness (QED) is 0.524. The lowest BCUT2D eigenvalue weighted by Crippen LogP contribution is -2.48. The Morgan fingerprint density at radius 3 is 1.44 bits per heavy atom. The van der Waals surface area contributed by atoms with E-state index < -0.39 is 17.2 Å².